The highest BCUT2D eigenvalue weighted by Crippen LogP contribution is 2.27. The molecule has 0 atom stereocenters. The van der Waals surface area contributed by atoms with Gasteiger partial charge in [0.2, 0.25) is 0 Å². The third kappa shape index (κ3) is 2.29. The van der Waals surface area contributed by atoms with Crippen LogP contribution in [-0.4, -0.2) is 12.5 Å². The van der Waals surface area contributed by atoms with Gasteiger partial charge in [-0.2, -0.15) is 5.26 Å². The number of carbonyl (C=O) groups is 1. The molecule has 0 unspecified atom stereocenters. The number of halogens is 1. The highest BCUT2D eigenvalue weighted by molar-refractivity contribution is 9.10. The molecule has 2 aromatic rings. The maximum Gasteiger partial charge on any atom is 0.253 e. The van der Waals surface area contributed by atoms with Crippen LogP contribution < -0.4 is 5.32 Å². The summed E-state index contributed by atoms with van der Waals surface area (Å²) in [6.07, 6.45) is 0. The number of nitriles is 1. The van der Waals surface area contributed by atoms with Crippen LogP contribution in [0.1, 0.15) is 10.4 Å². The van der Waals surface area contributed by atoms with Crippen LogP contribution in [0.15, 0.2) is 40.9 Å². The van der Waals surface area contributed by atoms with E-state index in [1.165, 1.54) is 0 Å². The molecule has 2 aromatic carbocycles. The maximum absolute atomic E-state index is 11.8. The third-order valence-electron chi connectivity index (χ3n) is 2.44. The van der Waals surface area contributed by atoms with E-state index in [-0.39, 0.29) is 12.5 Å². The Kier molecular flexibility index (Phi) is 3.40. The molecule has 0 aliphatic carbocycles. The van der Waals surface area contributed by atoms with Crippen LogP contribution >= 0.6 is 15.9 Å². The average Bonchev–Trinajstić information content (AvgIpc) is 2.37. The molecule has 0 aliphatic rings. The Morgan fingerprint density at radius 1 is 1.29 bits per heavy atom. The number of rotatable bonds is 2. The molecule has 0 fully saturated rings. The largest absolute Gasteiger partial charge is 0.339 e. The van der Waals surface area contributed by atoms with Gasteiger partial charge in [-0.3, -0.25) is 4.79 Å². The lowest BCUT2D eigenvalue weighted by molar-refractivity contribution is 0.0958. The van der Waals surface area contributed by atoms with E-state index in [1.54, 1.807) is 6.07 Å². The van der Waals surface area contributed by atoms with Crippen molar-refractivity contribution in [2.45, 2.75) is 0 Å². The summed E-state index contributed by atoms with van der Waals surface area (Å²) in [5.41, 5.74) is 0.541. The van der Waals surface area contributed by atoms with Crippen molar-refractivity contribution >= 4 is 32.6 Å². The van der Waals surface area contributed by atoms with Gasteiger partial charge in [0.05, 0.1) is 11.6 Å². The van der Waals surface area contributed by atoms with Crippen molar-refractivity contribution in [2.75, 3.05) is 6.54 Å². The smallest absolute Gasteiger partial charge is 0.253 e. The van der Waals surface area contributed by atoms with Crippen LogP contribution in [0.5, 0.6) is 0 Å². The van der Waals surface area contributed by atoms with Gasteiger partial charge in [0.25, 0.3) is 5.91 Å². The first-order valence-corrected chi connectivity index (χ1v) is 5.85. The number of carbonyl (C=O) groups excluding carboxylic acids is 1. The van der Waals surface area contributed by atoms with Crippen molar-refractivity contribution in [1.82, 2.24) is 5.32 Å². The van der Waals surface area contributed by atoms with Crippen molar-refractivity contribution in [1.29, 1.82) is 5.26 Å². The monoisotopic (exact) mass is 288 g/mol. The average molecular weight is 289 g/mol. The standard InChI is InChI=1S/C13H9BrN2O/c14-12-10-4-2-1-3-9(10)5-6-11(12)13(17)16-8-7-15/h1-6H,8H2,(H,16,17). The SMILES string of the molecule is N#CCNC(=O)c1ccc2ccccc2c1Br. The Labute approximate surface area is 107 Å². The number of hydrogen-bond donors (Lipinski definition) is 1. The van der Waals surface area contributed by atoms with Crippen LogP contribution in [-0.2, 0) is 0 Å². The molecule has 0 saturated heterocycles. The Morgan fingerprint density at radius 3 is 2.82 bits per heavy atom. The summed E-state index contributed by atoms with van der Waals surface area (Å²) in [6.45, 7) is 0.0120. The summed E-state index contributed by atoms with van der Waals surface area (Å²) in [7, 11) is 0. The van der Waals surface area contributed by atoms with Crippen molar-refractivity contribution < 1.29 is 4.79 Å². The van der Waals surface area contributed by atoms with E-state index in [0.29, 0.717) is 5.56 Å². The molecule has 17 heavy (non-hydrogen) atoms. The molecule has 84 valence electrons. The van der Waals surface area contributed by atoms with Gasteiger partial charge in [-0.15, -0.1) is 0 Å². The van der Waals surface area contributed by atoms with E-state index in [1.807, 2.05) is 36.4 Å². The van der Waals surface area contributed by atoms with Gasteiger partial charge in [-0.25, -0.2) is 0 Å². The summed E-state index contributed by atoms with van der Waals surface area (Å²) < 4.78 is 0.756. The number of amides is 1. The van der Waals surface area contributed by atoms with Crippen LogP contribution in [0.2, 0.25) is 0 Å². The van der Waals surface area contributed by atoms with Gasteiger partial charge in [-0.05, 0) is 32.8 Å². The maximum atomic E-state index is 11.8. The fourth-order valence-electron chi connectivity index (χ4n) is 1.62. The first-order chi connectivity index (χ1) is 8.24. The van der Waals surface area contributed by atoms with Gasteiger partial charge in [0.1, 0.15) is 6.54 Å². The molecule has 4 heteroatoms. The first kappa shape index (κ1) is 11.6. The number of nitrogens with zero attached hydrogens (tertiary/aromatic N) is 1. The highest BCUT2D eigenvalue weighted by atomic mass is 79.9. The van der Waals surface area contributed by atoms with E-state index in [2.05, 4.69) is 21.2 Å². The zero-order valence-electron chi connectivity index (χ0n) is 8.90. The topological polar surface area (TPSA) is 52.9 Å². The molecular formula is C13H9BrN2O. The minimum absolute atomic E-state index is 0.0120. The minimum atomic E-state index is -0.246. The molecule has 0 aromatic heterocycles. The Hall–Kier alpha value is -1.86. The van der Waals surface area contributed by atoms with Crippen LogP contribution in [0, 0.1) is 11.3 Å². The molecule has 0 heterocycles. The summed E-state index contributed by atoms with van der Waals surface area (Å²) in [5, 5.41) is 13.0. The molecule has 0 aliphatic heterocycles. The molecule has 1 amide bonds. The summed E-state index contributed by atoms with van der Waals surface area (Å²) in [4.78, 5) is 11.8. The Balaban J connectivity index is 2.46. The molecule has 0 spiro atoms. The predicted molar refractivity (Wildman–Crippen MR) is 69.6 cm³/mol. The van der Waals surface area contributed by atoms with Gasteiger partial charge in [0.15, 0.2) is 0 Å². The van der Waals surface area contributed by atoms with Gasteiger partial charge >= 0.3 is 0 Å². The molecule has 0 radical (unpaired) electrons. The summed E-state index contributed by atoms with van der Waals surface area (Å²) in [6, 6.07) is 13.3. The number of nitrogens with one attached hydrogen (secondary N) is 1. The lowest BCUT2D eigenvalue weighted by Gasteiger charge is -2.07. The highest BCUT2D eigenvalue weighted by Gasteiger charge is 2.11. The minimum Gasteiger partial charge on any atom is -0.339 e. The molecule has 0 bridgehead atoms. The quantitative estimate of drug-likeness (QED) is 0.864. The van der Waals surface area contributed by atoms with Crippen LogP contribution in [0.3, 0.4) is 0 Å². The van der Waals surface area contributed by atoms with Crippen LogP contribution in [0.25, 0.3) is 10.8 Å². The number of fused-ring (bicyclic) bond motifs is 1. The fraction of sp³-hybridized carbons (Fsp3) is 0.0769. The Morgan fingerprint density at radius 2 is 2.06 bits per heavy atom. The van der Waals surface area contributed by atoms with E-state index in [0.717, 1.165) is 15.2 Å². The Bertz CT molecular complexity index is 616. The summed E-state index contributed by atoms with van der Waals surface area (Å²) in [5.74, 6) is -0.246. The second-order valence-electron chi connectivity index (χ2n) is 3.49. The first-order valence-electron chi connectivity index (χ1n) is 5.06. The van der Waals surface area contributed by atoms with Crippen molar-refractivity contribution in [3.05, 3.63) is 46.4 Å². The van der Waals surface area contributed by atoms with Crippen molar-refractivity contribution in [2.24, 2.45) is 0 Å². The van der Waals surface area contributed by atoms with E-state index < -0.39 is 0 Å². The second kappa shape index (κ2) is 4.98. The van der Waals surface area contributed by atoms with E-state index in [4.69, 9.17) is 5.26 Å². The predicted octanol–water partition coefficient (Wildman–Crippen LogP) is 2.86. The lowest BCUT2D eigenvalue weighted by Crippen LogP contribution is -2.23. The van der Waals surface area contributed by atoms with Gasteiger partial charge in [0, 0.05) is 4.47 Å². The fourth-order valence-corrected chi connectivity index (χ4v) is 2.30. The second-order valence-corrected chi connectivity index (χ2v) is 4.28. The van der Waals surface area contributed by atoms with Gasteiger partial charge in [-0.1, -0.05) is 30.3 Å². The zero-order valence-corrected chi connectivity index (χ0v) is 10.5. The van der Waals surface area contributed by atoms with E-state index in [9.17, 15) is 4.79 Å². The molecule has 0 saturated carbocycles. The molecular weight excluding hydrogens is 280 g/mol. The zero-order chi connectivity index (χ0) is 12.3. The van der Waals surface area contributed by atoms with Crippen molar-refractivity contribution in [3.63, 3.8) is 0 Å². The van der Waals surface area contributed by atoms with Gasteiger partial charge < -0.3 is 5.32 Å². The summed E-state index contributed by atoms with van der Waals surface area (Å²) >= 11 is 3.43. The van der Waals surface area contributed by atoms with Crippen molar-refractivity contribution in [3.8, 4) is 6.07 Å². The number of hydrogen-bond acceptors (Lipinski definition) is 2. The molecule has 3 nitrogen and oxygen atoms in total. The third-order valence-corrected chi connectivity index (χ3v) is 3.29. The lowest BCUT2D eigenvalue weighted by atomic mass is 10.1. The van der Waals surface area contributed by atoms with E-state index >= 15 is 0 Å². The molecule has 2 rings (SSSR count). The van der Waals surface area contributed by atoms with Crippen LogP contribution in [0.4, 0.5) is 0 Å². The molecule has 1 N–H and O–H groups in total. The normalized spacial score (nSPS) is 9.88. The number of benzene rings is 2.